The normalized spacial score (nSPS) is 16.9. The Morgan fingerprint density at radius 2 is 2.16 bits per heavy atom. The molecule has 0 amide bonds. The van der Waals surface area contributed by atoms with E-state index in [0.29, 0.717) is 5.02 Å². The van der Waals surface area contributed by atoms with Gasteiger partial charge in [-0.05, 0) is 50.1 Å². The summed E-state index contributed by atoms with van der Waals surface area (Å²) in [5, 5.41) is 6.16. The van der Waals surface area contributed by atoms with Gasteiger partial charge >= 0.3 is 0 Å². The highest BCUT2D eigenvalue weighted by Gasteiger charge is 2.07. The zero-order valence-electron chi connectivity index (χ0n) is 10.7. The molecule has 0 unspecified atom stereocenters. The molecule has 0 radical (unpaired) electrons. The van der Waals surface area contributed by atoms with Gasteiger partial charge < -0.3 is 0 Å². The Morgan fingerprint density at radius 3 is 2.95 bits per heavy atom. The Kier molecular flexibility index (Phi) is 3.22. The van der Waals surface area contributed by atoms with Gasteiger partial charge in [0.05, 0.1) is 16.9 Å². The number of hydrazone groups is 1. The van der Waals surface area contributed by atoms with Crippen LogP contribution in [0.15, 0.2) is 47.2 Å². The van der Waals surface area contributed by atoms with Gasteiger partial charge in [0.2, 0.25) is 0 Å². The van der Waals surface area contributed by atoms with Crippen molar-refractivity contribution in [1.82, 2.24) is 4.98 Å². The lowest BCUT2D eigenvalue weighted by Crippen LogP contribution is -1.96. The van der Waals surface area contributed by atoms with Crippen LogP contribution in [0.4, 0.5) is 5.69 Å². The lowest BCUT2D eigenvalue weighted by atomic mass is 10.2. The molecule has 0 atom stereocenters. The lowest BCUT2D eigenvalue weighted by molar-refractivity contribution is 1.05. The van der Waals surface area contributed by atoms with Crippen molar-refractivity contribution in [2.45, 2.75) is 19.8 Å². The summed E-state index contributed by atoms with van der Waals surface area (Å²) in [4.78, 5) is 4.31. The van der Waals surface area contributed by atoms with Crippen molar-refractivity contribution in [2.75, 3.05) is 5.43 Å². The molecular formula is C15H14ClN3. The van der Waals surface area contributed by atoms with Crippen LogP contribution in [0.3, 0.4) is 0 Å². The zero-order valence-corrected chi connectivity index (χ0v) is 11.4. The Hall–Kier alpha value is -1.87. The van der Waals surface area contributed by atoms with Crippen LogP contribution in [0.1, 0.15) is 19.8 Å². The highest BCUT2D eigenvalue weighted by atomic mass is 35.5. The minimum absolute atomic E-state index is 0.692. The molecule has 0 bridgehead atoms. The van der Waals surface area contributed by atoms with E-state index in [2.05, 4.69) is 28.5 Å². The highest BCUT2D eigenvalue weighted by Crippen LogP contribution is 2.24. The third kappa shape index (κ3) is 2.61. The number of pyridine rings is 1. The third-order valence-corrected chi connectivity index (χ3v) is 3.45. The Morgan fingerprint density at radius 1 is 1.26 bits per heavy atom. The number of rotatable bonds is 2. The molecular weight excluding hydrogens is 258 g/mol. The summed E-state index contributed by atoms with van der Waals surface area (Å²) in [6.07, 6.45) is 6.01. The van der Waals surface area contributed by atoms with Crippen molar-refractivity contribution in [3.05, 3.63) is 47.1 Å². The van der Waals surface area contributed by atoms with Crippen LogP contribution < -0.4 is 5.43 Å². The molecule has 96 valence electrons. The van der Waals surface area contributed by atoms with Gasteiger partial charge in [-0.3, -0.25) is 10.4 Å². The second-order valence-corrected chi connectivity index (χ2v) is 5.16. The number of anilines is 1. The van der Waals surface area contributed by atoms with E-state index in [1.165, 1.54) is 5.57 Å². The second-order valence-electron chi connectivity index (χ2n) is 4.73. The van der Waals surface area contributed by atoms with Gasteiger partial charge in [0.1, 0.15) is 0 Å². The van der Waals surface area contributed by atoms with Gasteiger partial charge in [0.15, 0.2) is 0 Å². The molecule has 1 aliphatic carbocycles. The quantitative estimate of drug-likeness (QED) is 0.822. The second kappa shape index (κ2) is 5.02. The van der Waals surface area contributed by atoms with E-state index >= 15 is 0 Å². The summed E-state index contributed by atoms with van der Waals surface area (Å²) in [6, 6.07) is 7.60. The smallest absolute Gasteiger partial charge is 0.0738 e. The fourth-order valence-corrected chi connectivity index (χ4v) is 2.36. The summed E-state index contributed by atoms with van der Waals surface area (Å²) < 4.78 is 0. The average molecular weight is 272 g/mol. The fourth-order valence-electron chi connectivity index (χ4n) is 2.19. The average Bonchev–Trinajstić information content (AvgIpc) is 2.81. The molecule has 19 heavy (non-hydrogen) atoms. The van der Waals surface area contributed by atoms with E-state index in [-0.39, 0.29) is 0 Å². The Labute approximate surface area is 117 Å². The van der Waals surface area contributed by atoms with Gasteiger partial charge in [-0.15, -0.1) is 0 Å². The first-order chi connectivity index (χ1) is 9.22. The van der Waals surface area contributed by atoms with E-state index in [9.17, 15) is 0 Å². The maximum atomic E-state index is 5.97. The minimum Gasteiger partial charge on any atom is -0.278 e. The molecule has 0 aliphatic heterocycles. The van der Waals surface area contributed by atoms with Gasteiger partial charge in [-0.1, -0.05) is 17.2 Å². The molecule has 3 nitrogen and oxygen atoms in total. The molecule has 1 aromatic carbocycles. The van der Waals surface area contributed by atoms with E-state index in [4.69, 9.17) is 11.6 Å². The molecule has 0 fully saturated rings. The molecule has 1 N–H and O–H groups in total. The zero-order chi connectivity index (χ0) is 13.2. The number of halogens is 1. The van der Waals surface area contributed by atoms with Crippen molar-refractivity contribution in [2.24, 2.45) is 5.10 Å². The fraction of sp³-hybridized carbons (Fsp3) is 0.200. The van der Waals surface area contributed by atoms with Crippen LogP contribution in [0.5, 0.6) is 0 Å². The van der Waals surface area contributed by atoms with Crippen molar-refractivity contribution in [3.63, 3.8) is 0 Å². The summed E-state index contributed by atoms with van der Waals surface area (Å²) in [5.74, 6) is 0. The van der Waals surface area contributed by atoms with E-state index in [0.717, 1.165) is 35.1 Å². The van der Waals surface area contributed by atoms with E-state index in [1.807, 2.05) is 24.3 Å². The number of hydrogen-bond acceptors (Lipinski definition) is 3. The van der Waals surface area contributed by atoms with Crippen LogP contribution in [-0.2, 0) is 0 Å². The van der Waals surface area contributed by atoms with Gasteiger partial charge in [0.25, 0.3) is 0 Å². The first-order valence-corrected chi connectivity index (χ1v) is 6.64. The number of hydrogen-bond donors (Lipinski definition) is 1. The van der Waals surface area contributed by atoms with E-state index in [1.54, 1.807) is 6.20 Å². The first kappa shape index (κ1) is 12.2. The van der Waals surface area contributed by atoms with Crippen LogP contribution >= 0.6 is 11.6 Å². The molecule has 0 spiro atoms. The van der Waals surface area contributed by atoms with Gasteiger partial charge in [-0.25, -0.2) is 0 Å². The monoisotopic (exact) mass is 271 g/mol. The predicted molar refractivity (Wildman–Crippen MR) is 80.8 cm³/mol. The molecule has 2 aromatic rings. The van der Waals surface area contributed by atoms with Crippen molar-refractivity contribution in [1.29, 1.82) is 0 Å². The van der Waals surface area contributed by atoms with Crippen molar-refractivity contribution < 1.29 is 0 Å². The Bertz CT molecular complexity index is 689. The lowest BCUT2D eigenvalue weighted by Gasteiger charge is -2.06. The van der Waals surface area contributed by atoms with Crippen molar-refractivity contribution >= 4 is 33.9 Å². The van der Waals surface area contributed by atoms with E-state index < -0.39 is 0 Å². The number of nitrogens with zero attached hydrogens (tertiary/aromatic N) is 2. The maximum absolute atomic E-state index is 5.97. The molecule has 1 aromatic heterocycles. The number of allylic oxidation sites excluding steroid dienone is 2. The minimum atomic E-state index is 0.692. The molecule has 0 saturated heterocycles. The third-order valence-electron chi connectivity index (χ3n) is 3.21. The summed E-state index contributed by atoms with van der Waals surface area (Å²) in [6.45, 7) is 2.13. The maximum Gasteiger partial charge on any atom is 0.0738 e. The van der Waals surface area contributed by atoms with Crippen molar-refractivity contribution in [3.8, 4) is 0 Å². The van der Waals surface area contributed by atoms with Crippen LogP contribution in [0.25, 0.3) is 10.9 Å². The number of nitrogens with one attached hydrogen (secondary N) is 1. The molecule has 1 heterocycles. The number of benzene rings is 1. The standard InChI is InChI=1S/C15H14ClN3/c1-10-2-4-12(8-10)18-19-14-6-7-17-15-9-11(16)3-5-13(14)15/h3,5-9H,2,4H2,1H3,(H,17,19)/b18-12+. The largest absolute Gasteiger partial charge is 0.278 e. The summed E-state index contributed by atoms with van der Waals surface area (Å²) in [7, 11) is 0. The molecule has 4 heteroatoms. The summed E-state index contributed by atoms with van der Waals surface area (Å²) >= 11 is 5.97. The number of aromatic nitrogens is 1. The number of fused-ring (bicyclic) bond motifs is 1. The van der Waals surface area contributed by atoms with Crippen LogP contribution in [0, 0.1) is 0 Å². The van der Waals surface area contributed by atoms with Crippen LogP contribution in [-0.4, -0.2) is 10.7 Å². The Balaban J connectivity index is 1.93. The highest BCUT2D eigenvalue weighted by molar-refractivity contribution is 6.31. The summed E-state index contributed by atoms with van der Waals surface area (Å²) in [5.41, 5.74) is 7.43. The van der Waals surface area contributed by atoms with Gasteiger partial charge in [-0.2, -0.15) is 5.10 Å². The first-order valence-electron chi connectivity index (χ1n) is 6.26. The van der Waals surface area contributed by atoms with Crippen LogP contribution in [0.2, 0.25) is 5.02 Å². The van der Waals surface area contributed by atoms with Gasteiger partial charge in [0, 0.05) is 16.6 Å². The molecule has 1 aliphatic rings. The topological polar surface area (TPSA) is 37.3 Å². The molecule has 3 rings (SSSR count). The SMILES string of the molecule is CC1=C/C(=N/Nc2ccnc3cc(Cl)ccc23)CC1. The molecule has 0 saturated carbocycles. The predicted octanol–water partition coefficient (Wildman–Crippen LogP) is 4.40.